The minimum Gasteiger partial charge on any atom is -0.311 e. The molecule has 0 saturated heterocycles. The summed E-state index contributed by atoms with van der Waals surface area (Å²) in [5, 5.41) is 0. The number of aryl methyl sites for hydroxylation is 1. The van der Waals surface area contributed by atoms with Crippen molar-refractivity contribution in [1.29, 1.82) is 0 Å². The van der Waals surface area contributed by atoms with Crippen LogP contribution in [0.15, 0.2) is 109 Å². The number of nitrogens with zero attached hydrogens (tertiary/aromatic N) is 1. The second-order valence-corrected chi connectivity index (χ2v) is 6.84. The maximum Gasteiger partial charge on any atom is 0.0461 e. The standard InChI is InChI=1S/C26H23N/c1-21-12-14-22(15-13-21)20-23-16-18-26(19-17-23)27(24-8-4-2-5-9-24)25-10-6-3-7-11-25/h2-19H,20H2,1H3. The lowest BCUT2D eigenvalue weighted by Crippen LogP contribution is -2.09. The summed E-state index contributed by atoms with van der Waals surface area (Å²) in [6.07, 6.45) is 0.956. The highest BCUT2D eigenvalue weighted by molar-refractivity contribution is 5.76. The van der Waals surface area contributed by atoms with E-state index in [-0.39, 0.29) is 0 Å². The number of benzene rings is 4. The van der Waals surface area contributed by atoms with E-state index in [1.54, 1.807) is 0 Å². The number of para-hydroxylation sites is 2. The fourth-order valence-corrected chi connectivity index (χ4v) is 3.31. The molecule has 1 heteroatoms. The fourth-order valence-electron chi connectivity index (χ4n) is 3.31. The molecule has 0 unspecified atom stereocenters. The Balaban J connectivity index is 1.64. The minimum atomic E-state index is 0.956. The van der Waals surface area contributed by atoms with E-state index >= 15 is 0 Å². The van der Waals surface area contributed by atoms with Crippen LogP contribution in [0.25, 0.3) is 0 Å². The lowest BCUT2D eigenvalue weighted by molar-refractivity contribution is 1.18. The van der Waals surface area contributed by atoms with Crippen molar-refractivity contribution in [2.24, 2.45) is 0 Å². The zero-order valence-corrected chi connectivity index (χ0v) is 15.5. The molecule has 0 amide bonds. The quantitative estimate of drug-likeness (QED) is 0.373. The van der Waals surface area contributed by atoms with E-state index in [2.05, 4.69) is 121 Å². The van der Waals surface area contributed by atoms with Gasteiger partial charge in [-0.3, -0.25) is 0 Å². The molecule has 0 aromatic heterocycles. The first-order valence-electron chi connectivity index (χ1n) is 9.34. The third-order valence-electron chi connectivity index (χ3n) is 4.75. The summed E-state index contributed by atoms with van der Waals surface area (Å²) in [5.74, 6) is 0. The van der Waals surface area contributed by atoms with Crippen molar-refractivity contribution in [2.75, 3.05) is 4.90 Å². The summed E-state index contributed by atoms with van der Waals surface area (Å²) in [4.78, 5) is 2.29. The number of hydrogen-bond acceptors (Lipinski definition) is 1. The average Bonchev–Trinajstić information content (AvgIpc) is 2.73. The third-order valence-corrected chi connectivity index (χ3v) is 4.75. The van der Waals surface area contributed by atoms with Crippen LogP contribution in [0, 0.1) is 6.92 Å². The Morgan fingerprint density at radius 2 is 0.889 bits per heavy atom. The molecule has 4 rings (SSSR count). The van der Waals surface area contributed by atoms with Crippen molar-refractivity contribution in [3.8, 4) is 0 Å². The molecule has 0 atom stereocenters. The van der Waals surface area contributed by atoms with E-state index in [1.807, 2.05) is 0 Å². The predicted octanol–water partition coefficient (Wildman–Crippen LogP) is 7.06. The van der Waals surface area contributed by atoms with Gasteiger partial charge in [0.25, 0.3) is 0 Å². The summed E-state index contributed by atoms with van der Waals surface area (Å²) in [6, 6.07) is 38.7. The van der Waals surface area contributed by atoms with Crippen molar-refractivity contribution in [2.45, 2.75) is 13.3 Å². The Hall–Kier alpha value is -3.32. The van der Waals surface area contributed by atoms with Gasteiger partial charge < -0.3 is 4.90 Å². The normalized spacial score (nSPS) is 10.6. The lowest BCUT2D eigenvalue weighted by atomic mass is 10.0. The van der Waals surface area contributed by atoms with E-state index in [9.17, 15) is 0 Å². The monoisotopic (exact) mass is 349 g/mol. The molecule has 0 saturated carbocycles. The molecule has 1 nitrogen and oxygen atoms in total. The maximum absolute atomic E-state index is 2.29. The Bertz CT molecular complexity index is 932. The van der Waals surface area contributed by atoms with Crippen LogP contribution >= 0.6 is 0 Å². The van der Waals surface area contributed by atoms with E-state index in [0.717, 1.165) is 17.8 Å². The van der Waals surface area contributed by atoms with Crippen LogP contribution in [-0.4, -0.2) is 0 Å². The zero-order chi connectivity index (χ0) is 18.5. The van der Waals surface area contributed by atoms with Crippen molar-refractivity contribution in [3.63, 3.8) is 0 Å². The van der Waals surface area contributed by atoms with Gasteiger partial charge >= 0.3 is 0 Å². The molecule has 4 aromatic rings. The van der Waals surface area contributed by atoms with Gasteiger partial charge in [0.1, 0.15) is 0 Å². The summed E-state index contributed by atoms with van der Waals surface area (Å²) >= 11 is 0. The van der Waals surface area contributed by atoms with Gasteiger partial charge in [0.15, 0.2) is 0 Å². The third kappa shape index (κ3) is 4.09. The van der Waals surface area contributed by atoms with Crippen molar-refractivity contribution < 1.29 is 0 Å². The summed E-state index contributed by atoms with van der Waals surface area (Å²) < 4.78 is 0. The molecule has 132 valence electrons. The molecule has 0 bridgehead atoms. The van der Waals surface area contributed by atoms with Gasteiger partial charge in [-0.25, -0.2) is 0 Å². The molecule has 0 aliphatic rings. The van der Waals surface area contributed by atoms with Gasteiger partial charge in [0, 0.05) is 17.1 Å². The molecule has 27 heavy (non-hydrogen) atoms. The molecule has 0 N–H and O–H groups in total. The van der Waals surface area contributed by atoms with Gasteiger partial charge in [-0.2, -0.15) is 0 Å². The molecular formula is C26H23N. The largest absolute Gasteiger partial charge is 0.311 e. The summed E-state index contributed by atoms with van der Waals surface area (Å²) in [7, 11) is 0. The van der Waals surface area contributed by atoms with Crippen molar-refractivity contribution in [3.05, 3.63) is 126 Å². The Labute approximate surface area is 161 Å². The smallest absolute Gasteiger partial charge is 0.0461 e. The second-order valence-electron chi connectivity index (χ2n) is 6.84. The first-order chi connectivity index (χ1) is 13.3. The Morgan fingerprint density at radius 1 is 0.481 bits per heavy atom. The van der Waals surface area contributed by atoms with Gasteiger partial charge in [-0.1, -0.05) is 78.4 Å². The molecule has 4 aromatic carbocycles. The summed E-state index contributed by atoms with van der Waals surface area (Å²) in [6.45, 7) is 2.13. The van der Waals surface area contributed by atoms with Crippen LogP contribution in [0.4, 0.5) is 17.1 Å². The highest BCUT2D eigenvalue weighted by Gasteiger charge is 2.11. The Kier molecular flexibility index (Phi) is 5.02. The van der Waals surface area contributed by atoms with Crippen molar-refractivity contribution in [1.82, 2.24) is 0 Å². The molecule has 0 aliphatic heterocycles. The maximum atomic E-state index is 2.29. The van der Waals surface area contributed by atoms with E-state index in [1.165, 1.54) is 22.4 Å². The van der Waals surface area contributed by atoms with E-state index in [4.69, 9.17) is 0 Å². The van der Waals surface area contributed by atoms with Gasteiger partial charge in [-0.15, -0.1) is 0 Å². The molecule has 0 radical (unpaired) electrons. The lowest BCUT2D eigenvalue weighted by Gasteiger charge is -2.25. The Morgan fingerprint density at radius 3 is 1.37 bits per heavy atom. The molecule has 0 fully saturated rings. The van der Waals surface area contributed by atoms with Gasteiger partial charge in [0.2, 0.25) is 0 Å². The van der Waals surface area contributed by atoms with Gasteiger partial charge in [-0.05, 0) is 60.9 Å². The fraction of sp³-hybridized carbons (Fsp3) is 0.0769. The first-order valence-corrected chi connectivity index (χ1v) is 9.34. The topological polar surface area (TPSA) is 3.24 Å². The van der Waals surface area contributed by atoms with Crippen LogP contribution in [0.2, 0.25) is 0 Å². The van der Waals surface area contributed by atoms with E-state index in [0.29, 0.717) is 0 Å². The first kappa shape index (κ1) is 17.1. The molecular weight excluding hydrogens is 326 g/mol. The average molecular weight is 349 g/mol. The molecule has 0 spiro atoms. The minimum absolute atomic E-state index is 0.956. The highest BCUT2D eigenvalue weighted by atomic mass is 15.1. The second kappa shape index (κ2) is 7.92. The van der Waals surface area contributed by atoms with Crippen LogP contribution in [0.3, 0.4) is 0 Å². The summed E-state index contributed by atoms with van der Waals surface area (Å²) in [5.41, 5.74) is 7.46. The van der Waals surface area contributed by atoms with Crippen LogP contribution in [0.5, 0.6) is 0 Å². The van der Waals surface area contributed by atoms with Crippen LogP contribution in [0.1, 0.15) is 16.7 Å². The molecule has 0 heterocycles. The zero-order valence-electron chi connectivity index (χ0n) is 15.5. The number of hydrogen-bond donors (Lipinski definition) is 0. The predicted molar refractivity (Wildman–Crippen MR) is 115 cm³/mol. The highest BCUT2D eigenvalue weighted by Crippen LogP contribution is 2.34. The van der Waals surface area contributed by atoms with Gasteiger partial charge in [0.05, 0.1) is 0 Å². The SMILES string of the molecule is Cc1ccc(Cc2ccc(N(c3ccccc3)c3ccccc3)cc2)cc1. The number of anilines is 3. The molecule has 0 aliphatic carbocycles. The van der Waals surface area contributed by atoms with Crippen molar-refractivity contribution >= 4 is 17.1 Å². The van der Waals surface area contributed by atoms with Crippen LogP contribution in [-0.2, 0) is 6.42 Å². The van der Waals surface area contributed by atoms with Crippen LogP contribution < -0.4 is 4.90 Å². The number of rotatable bonds is 5. The van der Waals surface area contributed by atoms with E-state index < -0.39 is 0 Å².